The molecule has 0 aromatic heterocycles. The Kier molecular flexibility index (Phi) is 10.6. The maximum Gasteiger partial charge on any atom is 0.251 e. The molecule has 0 aliphatic carbocycles. The second-order valence-corrected chi connectivity index (χ2v) is 12.5. The Morgan fingerprint density at radius 3 is 1.91 bits per heavy atom. The van der Waals surface area contributed by atoms with Crippen LogP contribution in [0.4, 0.5) is 0 Å². The number of hydrogen-bond acceptors (Lipinski definition) is 5. The summed E-state index contributed by atoms with van der Waals surface area (Å²) in [5.74, 6) is 1.06. The minimum atomic E-state index is -0.0572. The number of piperidine rings is 1. The summed E-state index contributed by atoms with van der Waals surface area (Å²) in [7, 11) is 2.17. The summed E-state index contributed by atoms with van der Waals surface area (Å²) in [4.78, 5) is 20.8. The molecule has 1 amide bonds. The Morgan fingerprint density at radius 2 is 1.31 bits per heavy atom. The van der Waals surface area contributed by atoms with Gasteiger partial charge in [0, 0.05) is 63.8 Å². The van der Waals surface area contributed by atoms with Crippen molar-refractivity contribution in [3.63, 3.8) is 0 Å². The molecular formula is C39H46N4O2. The number of ether oxygens (including phenoxy) is 1. The van der Waals surface area contributed by atoms with Crippen LogP contribution in [0.3, 0.4) is 0 Å². The van der Waals surface area contributed by atoms with Crippen LogP contribution >= 0.6 is 0 Å². The molecular weight excluding hydrogens is 556 g/mol. The molecule has 2 heterocycles. The predicted molar refractivity (Wildman–Crippen MR) is 182 cm³/mol. The monoisotopic (exact) mass is 602 g/mol. The number of likely N-dealkylation sites (N-methyl/N-ethyl adjacent to an activating group) is 1. The molecule has 45 heavy (non-hydrogen) atoms. The van der Waals surface area contributed by atoms with Crippen molar-refractivity contribution in [2.24, 2.45) is 0 Å². The van der Waals surface area contributed by atoms with Crippen molar-refractivity contribution in [3.05, 3.63) is 138 Å². The highest BCUT2D eigenvalue weighted by Gasteiger charge is 2.26. The first kappa shape index (κ1) is 31.0. The summed E-state index contributed by atoms with van der Waals surface area (Å²) in [6.45, 7) is 7.62. The third kappa shape index (κ3) is 8.40. The van der Waals surface area contributed by atoms with Crippen LogP contribution in [-0.2, 0) is 0 Å². The van der Waals surface area contributed by atoms with Gasteiger partial charge in [-0.15, -0.1) is 0 Å². The molecule has 1 unspecified atom stereocenters. The highest BCUT2D eigenvalue weighted by Crippen LogP contribution is 2.28. The van der Waals surface area contributed by atoms with Gasteiger partial charge in [-0.3, -0.25) is 9.69 Å². The van der Waals surface area contributed by atoms with Crippen molar-refractivity contribution in [3.8, 4) is 5.75 Å². The molecule has 2 aliphatic heterocycles. The van der Waals surface area contributed by atoms with Gasteiger partial charge in [-0.2, -0.15) is 0 Å². The molecule has 1 atom stereocenters. The molecule has 6 rings (SSSR count). The number of amides is 1. The van der Waals surface area contributed by atoms with E-state index in [0.29, 0.717) is 18.0 Å². The summed E-state index contributed by atoms with van der Waals surface area (Å²) in [6, 6.07) is 40.0. The molecule has 4 aromatic rings. The number of hydrogen-bond donors (Lipinski definition) is 1. The second-order valence-electron chi connectivity index (χ2n) is 12.5. The number of benzene rings is 4. The van der Waals surface area contributed by atoms with Crippen molar-refractivity contribution < 1.29 is 9.53 Å². The number of likely N-dealkylation sites (tertiary alicyclic amines) is 1. The first-order chi connectivity index (χ1) is 22.1. The van der Waals surface area contributed by atoms with Gasteiger partial charge < -0.3 is 19.9 Å². The highest BCUT2D eigenvalue weighted by atomic mass is 16.5. The zero-order valence-electron chi connectivity index (χ0n) is 26.4. The normalized spacial score (nSPS) is 17.6. The van der Waals surface area contributed by atoms with Crippen LogP contribution in [0.1, 0.15) is 51.8 Å². The van der Waals surface area contributed by atoms with E-state index >= 15 is 0 Å². The van der Waals surface area contributed by atoms with Crippen molar-refractivity contribution in [2.75, 3.05) is 59.4 Å². The molecule has 0 bridgehead atoms. The van der Waals surface area contributed by atoms with Gasteiger partial charge >= 0.3 is 0 Å². The minimum Gasteiger partial charge on any atom is -0.490 e. The van der Waals surface area contributed by atoms with Gasteiger partial charge in [0.15, 0.2) is 0 Å². The molecule has 6 heteroatoms. The molecule has 0 saturated carbocycles. The number of nitrogens with one attached hydrogen (secondary N) is 1. The highest BCUT2D eigenvalue weighted by molar-refractivity contribution is 5.94. The van der Waals surface area contributed by atoms with Gasteiger partial charge in [0.1, 0.15) is 11.9 Å². The number of carbonyl (C=O) groups excluding carboxylic acids is 1. The standard InChI is InChI=1S/C39H46N4O2/c1-41-24-26-43(27-25-41)38(33-16-9-4-10-17-33)29-40-39(44)34-18-11-19-36(28-34)45-35-20-22-42(23-21-35)30-37(31-12-5-2-6-13-31)32-14-7-3-8-15-32/h2-19,28,35,37-38H,20-27,29-30H2,1H3,(H,40,44). The molecule has 1 N–H and O–H groups in total. The lowest BCUT2D eigenvalue weighted by molar-refractivity contribution is 0.0882. The van der Waals surface area contributed by atoms with Crippen LogP contribution in [0.15, 0.2) is 115 Å². The summed E-state index contributed by atoms with van der Waals surface area (Å²) in [5, 5.41) is 3.23. The van der Waals surface area contributed by atoms with Gasteiger partial charge in [-0.05, 0) is 54.8 Å². The zero-order valence-corrected chi connectivity index (χ0v) is 26.4. The Bertz CT molecular complexity index is 1430. The minimum absolute atomic E-state index is 0.0572. The van der Waals surface area contributed by atoms with Crippen molar-refractivity contribution in [2.45, 2.75) is 30.9 Å². The molecule has 2 fully saturated rings. The lowest BCUT2D eigenvalue weighted by Gasteiger charge is -2.38. The van der Waals surface area contributed by atoms with E-state index in [4.69, 9.17) is 4.74 Å². The van der Waals surface area contributed by atoms with E-state index in [1.807, 2.05) is 30.3 Å². The van der Waals surface area contributed by atoms with Crippen LogP contribution in [0.2, 0.25) is 0 Å². The fourth-order valence-electron chi connectivity index (χ4n) is 6.70. The van der Waals surface area contributed by atoms with E-state index in [0.717, 1.165) is 64.4 Å². The molecule has 4 aromatic carbocycles. The van der Waals surface area contributed by atoms with Crippen molar-refractivity contribution in [1.82, 2.24) is 20.0 Å². The maximum atomic E-state index is 13.3. The van der Waals surface area contributed by atoms with E-state index < -0.39 is 0 Å². The Hall–Kier alpha value is -3.97. The topological polar surface area (TPSA) is 48.1 Å². The smallest absolute Gasteiger partial charge is 0.251 e. The zero-order chi connectivity index (χ0) is 30.8. The Balaban J connectivity index is 1.03. The van der Waals surface area contributed by atoms with E-state index in [1.165, 1.54) is 16.7 Å². The largest absolute Gasteiger partial charge is 0.490 e. The molecule has 234 valence electrons. The third-order valence-electron chi connectivity index (χ3n) is 9.40. The molecule has 2 aliphatic rings. The number of carbonyl (C=O) groups is 1. The van der Waals surface area contributed by atoms with Gasteiger partial charge in [-0.25, -0.2) is 0 Å². The fraction of sp³-hybridized carbons (Fsp3) is 0.359. The van der Waals surface area contributed by atoms with Gasteiger partial charge in [0.2, 0.25) is 0 Å². The SMILES string of the molecule is CN1CCN(C(CNC(=O)c2cccc(OC3CCN(CC(c4ccccc4)c4ccccc4)CC3)c2)c2ccccc2)CC1. The van der Waals surface area contributed by atoms with E-state index in [9.17, 15) is 4.79 Å². The second kappa shape index (κ2) is 15.3. The van der Waals surface area contributed by atoms with Gasteiger partial charge in [-0.1, -0.05) is 97.1 Å². The number of rotatable bonds is 11. The predicted octanol–water partition coefficient (Wildman–Crippen LogP) is 6.08. The summed E-state index contributed by atoms with van der Waals surface area (Å²) in [6.07, 6.45) is 2.08. The van der Waals surface area contributed by atoms with Crippen LogP contribution in [0.25, 0.3) is 0 Å². The molecule has 0 radical (unpaired) electrons. The maximum absolute atomic E-state index is 13.3. The van der Waals surface area contributed by atoms with Crippen LogP contribution in [-0.4, -0.2) is 86.1 Å². The van der Waals surface area contributed by atoms with E-state index in [1.54, 1.807) is 0 Å². The molecule has 6 nitrogen and oxygen atoms in total. The van der Waals surface area contributed by atoms with Crippen molar-refractivity contribution in [1.29, 1.82) is 0 Å². The quantitative estimate of drug-likeness (QED) is 0.226. The van der Waals surface area contributed by atoms with Crippen LogP contribution < -0.4 is 10.1 Å². The van der Waals surface area contributed by atoms with Crippen molar-refractivity contribution >= 4 is 5.91 Å². The number of nitrogens with zero attached hydrogens (tertiary/aromatic N) is 3. The van der Waals surface area contributed by atoms with Crippen LogP contribution in [0, 0.1) is 0 Å². The first-order valence-electron chi connectivity index (χ1n) is 16.5. The summed E-state index contributed by atoms with van der Waals surface area (Å²) >= 11 is 0. The lowest BCUT2D eigenvalue weighted by Crippen LogP contribution is -2.48. The first-order valence-corrected chi connectivity index (χ1v) is 16.5. The van der Waals surface area contributed by atoms with E-state index in [2.05, 4.69) is 112 Å². The Labute approximate surface area is 268 Å². The molecule has 0 spiro atoms. The average molecular weight is 603 g/mol. The fourth-order valence-corrected chi connectivity index (χ4v) is 6.70. The van der Waals surface area contributed by atoms with Gasteiger partial charge in [0.05, 0.1) is 6.04 Å². The van der Waals surface area contributed by atoms with E-state index in [-0.39, 0.29) is 18.1 Å². The molecule has 2 saturated heterocycles. The van der Waals surface area contributed by atoms with Gasteiger partial charge in [0.25, 0.3) is 5.91 Å². The summed E-state index contributed by atoms with van der Waals surface area (Å²) in [5.41, 5.74) is 4.60. The average Bonchev–Trinajstić information content (AvgIpc) is 3.10. The Morgan fingerprint density at radius 1 is 0.733 bits per heavy atom. The summed E-state index contributed by atoms with van der Waals surface area (Å²) < 4.78 is 6.45. The number of piperazine rings is 1. The van der Waals surface area contributed by atoms with Crippen LogP contribution in [0.5, 0.6) is 5.75 Å². The lowest BCUT2D eigenvalue weighted by atomic mass is 9.90. The third-order valence-corrected chi connectivity index (χ3v) is 9.40.